The fraction of sp³-hybridized carbons (Fsp3) is 0.438. The Morgan fingerprint density at radius 3 is 2.70 bits per heavy atom. The Kier molecular flexibility index (Phi) is 4.68. The molecule has 0 atom stereocenters. The van der Waals surface area contributed by atoms with Gasteiger partial charge in [0.25, 0.3) is 0 Å². The van der Waals surface area contributed by atoms with Crippen LogP contribution in [0.4, 0.5) is 13.2 Å². The topological polar surface area (TPSA) is 38.1 Å². The highest BCUT2D eigenvalue weighted by Gasteiger charge is 2.26. The molecule has 1 aliphatic heterocycles. The van der Waals surface area contributed by atoms with Gasteiger partial charge in [-0.2, -0.15) is 11.8 Å². The van der Waals surface area contributed by atoms with Crippen LogP contribution in [0.1, 0.15) is 25.5 Å². The van der Waals surface area contributed by atoms with Gasteiger partial charge in [0.1, 0.15) is 0 Å². The normalized spacial score (nSPS) is 17.4. The van der Waals surface area contributed by atoms with E-state index in [-0.39, 0.29) is 16.9 Å². The lowest BCUT2D eigenvalue weighted by molar-refractivity contribution is 0.321. The first-order valence-electron chi connectivity index (χ1n) is 7.41. The molecule has 3 nitrogen and oxygen atoms in total. The van der Waals surface area contributed by atoms with Crippen LogP contribution in [0.2, 0.25) is 0 Å². The minimum absolute atomic E-state index is 0.0532. The van der Waals surface area contributed by atoms with Gasteiger partial charge in [-0.15, -0.1) is 0 Å². The van der Waals surface area contributed by atoms with E-state index in [9.17, 15) is 13.2 Å². The van der Waals surface area contributed by atoms with Crippen LogP contribution in [0.5, 0.6) is 0 Å². The minimum Gasteiger partial charge on any atom is -0.356 e. The van der Waals surface area contributed by atoms with Crippen molar-refractivity contribution in [2.75, 3.05) is 11.5 Å². The van der Waals surface area contributed by atoms with Crippen molar-refractivity contribution >= 4 is 11.8 Å². The SMILES string of the molecule is CC1(NCc2cc(-c3ccc(F)c(F)c3F)on2)CCSCC1. The molecule has 1 aromatic heterocycles. The van der Waals surface area contributed by atoms with Crippen LogP contribution in [-0.2, 0) is 6.54 Å². The van der Waals surface area contributed by atoms with Crippen molar-refractivity contribution in [2.24, 2.45) is 0 Å². The molecule has 1 fully saturated rings. The zero-order chi connectivity index (χ0) is 16.4. The number of hydrogen-bond acceptors (Lipinski definition) is 4. The van der Waals surface area contributed by atoms with Crippen LogP contribution in [-0.4, -0.2) is 22.2 Å². The van der Waals surface area contributed by atoms with E-state index in [2.05, 4.69) is 17.4 Å². The summed E-state index contributed by atoms with van der Waals surface area (Å²) in [6, 6.07) is 3.56. The number of benzene rings is 1. The zero-order valence-electron chi connectivity index (χ0n) is 12.7. The highest BCUT2D eigenvalue weighted by molar-refractivity contribution is 7.99. The second-order valence-corrected chi connectivity index (χ2v) is 7.16. The maximum atomic E-state index is 13.8. The average Bonchev–Trinajstić information content (AvgIpc) is 3.00. The van der Waals surface area contributed by atoms with Gasteiger partial charge in [0.05, 0.1) is 11.3 Å². The van der Waals surface area contributed by atoms with Gasteiger partial charge in [0.2, 0.25) is 0 Å². The largest absolute Gasteiger partial charge is 0.356 e. The molecule has 23 heavy (non-hydrogen) atoms. The fourth-order valence-corrected chi connectivity index (χ4v) is 3.93. The van der Waals surface area contributed by atoms with Crippen LogP contribution in [0.15, 0.2) is 22.7 Å². The molecule has 1 aliphatic rings. The number of nitrogens with zero attached hydrogens (tertiary/aromatic N) is 1. The van der Waals surface area contributed by atoms with Crippen molar-refractivity contribution in [1.82, 2.24) is 10.5 Å². The van der Waals surface area contributed by atoms with Gasteiger partial charge in [-0.25, -0.2) is 13.2 Å². The van der Waals surface area contributed by atoms with Gasteiger partial charge in [0, 0.05) is 18.2 Å². The van der Waals surface area contributed by atoms with Crippen LogP contribution in [0.3, 0.4) is 0 Å². The van der Waals surface area contributed by atoms with E-state index >= 15 is 0 Å². The molecule has 0 radical (unpaired) electrons. The van der Waals surface area contributed by atoms with E-state index in [4.69, 9.17) is 4.52 Å². The van der Waals surface area contributed by atoms with Crippen molar-refractivity contribution in [3.63, 3.8) is 0 Å². The monoisotopic (exact) mass is 342 g/mol. The zero-order valence-corrected chi connectivity index (χ0v) is 13.5. The van der Waals surface area contributed by atoms with Crippen molar-refractivity contribution in [2.45, 2.75) is 31.8 Å². The molecule has 0 spiro atoms. The predicted octanol–water partition coefficient (Wildman–Crippen LogP) is 4.13. The van der Waals surface area contributed by atoms with Gasteiger partial charge in [-0.3, -0.25) is 0 Å². The van der Waals surface area contributed by atoms with Gasteiger partial charge < -0.3 is 9.84 Å². The second kappa shape index (κ2) is 6.57. The molecule has 124 valence electrons. The molecule has 1 aromatic carbocycles. The summed E-state index contributed by atoms with van der Waals surface area (Å²) in [4.78, 5) is 0. The van der Waals surface area contributed by atoms with Gasteiger partial charge in [-0.1, -0.05) is 5.16 Å². The van der Waals surface area contributed by atoms with E-state index in [0.717, 1.165) is 36.5 Å². The summed E-state index contributed by atoms with van der Waals surface area (Å²) in [6.07, 6.45) is 2.14. The number of aromatic nitrogens is 1. The number of nitrogens with one attached hydrogen (secondary N) is 1. The summed E-state index contributed by atoms with van der Waals surface area (Å²) < 4.78 is 45.1. The molecular formula is C16H17F3N2OS. The summed E-state index contributed by atoms with van der Waals surface area (Å²) in [5, 5.41) is 7.33. The minimum atomic E-state index is -1.51. The third-order valence-corrected chi connectivity index (χ3v) is 5.14. The van der Waals surface area contributed by atoms with Crippen LogP contribution >= 0.6 is 11.8 Å². The third kappa shape index (κ3) is 3.55. The van der Waals surface area contributed by atoms with Crippen molar-refractivity contribution in [3.8, 4) is 11.3 Å². The Morgan fingerprint density at radius 1 is 1.22 bits per heavy atom. The highest BCUT2D eigenvalue weighted by atomic mass is 32.2. The molecule has 0 saturated carbocycles. The molecule has 1 saturated heterocycles. The highest BCUT2D eigenvalue weighted by Crippen LogP contribution is 2.28. The van der Waals surface area contributed by atoms with Crippen LogP contribution in [0.25, 0.3) is 11.3 Å². The Morgan fingerprint density at radius 2 is 1.96 bits per heavy atom. The molecule has 2 heterocycles. The van der Waals surface area contributed by atoms with Crippen LogP contribution < -0.4 is 5.32 Å². The van der Waals surface area contributed by atoms with Crippen molar-refractivity contribution in [3.05, 3.63) is 41.3 Å². The molecule has 7 heteroatoms. The van der Waals surface area contributed by atoms with E-state index in [1.807, 2.05) is 11.8 Å². The molecule has 0 bridgehead atoms. The standard InChI is InChI=1S/C16H17F3N2OS/c1-16(4-6-23-7-5-16)20-9-10-8-13(22-21-10)11-2-3-12(17)15(19)14(11)18/h2-3,8,20H,4-7,9H2,1H3. The first-order valence-corrected chi connectivity index (χ1v) is 8.56. The fourth-order valence-electron chi connectivity index (χ4n) is 2.54. The molecule has 1 N–H and O–H groups in total. The summed E-state index contributed by atoms with van der Waals surface area (Å²) in [5.74, 6) is -1.68. The summed E-state index contributed by atoms with van der Waals surface area (Å²) >= 11 is 1.94. The van der Waals surface area contributed by atoms with Gasteiger partial charge in [0.15, 0.2) is 23.2 Å². The number of thioether (sulfide) groups is 1. The second-order valence-electron chi connectivity index (χ2n) is 5.93. The number of halogens is 3. The molecule has 0 aliphatic carbocycles. The van der Waals surface area contributed by atoms with Crippen molar-refractivity contribution < 1.29 is 17.7 Å². The smallest absolute Gasteiger partial charge is 0.195 e. The number of rotatable bonds is 4. The van der Waals surface area contributed by atoms with Crippen LogP contribution in [0, 0.1) is 17.5 Å². The summed E-state index contributed by atoms with van der Waals surface area (Å²) in [6.45, 7) is 2.65. The molecule has 0 amide bonds. The maximum absolute atomic E-state index is 13.8. The predicted molar refractivity (Wildman–Crippen MR) is 83.6 cm³/mol. The Balaban J connectivity index is 1.72. The number of hydrogen-bond donors (Lipinski definition) is 1. The first kappa shape index (κ1) is 16.4. The third-order valence-electron chi connectivity index (χ3n) is 4.15. The Labute approximate surface area is 136 Å². The van der Waals surface area contributed by atoms with Gasteiger partial charge >= 0.3 is 0 Å². The average molecular weight is 342 g/mol. The summed E-state index contributed by atoms with van der Waals surface area (Å²) in [7, 11) is 0. The molecule has 3 rings (SSSR count). The summed E-state index contributed by atoms with van der Waals surface area (Å²) in [5.41, 5.74) is 0.518. The molecular weight excluding hydrogens is 325 g/mol. The lowest BCUT2D eigenvalue weighted by Crippen LogP contribution is -2.44. The Bertz CT molecular complexity index is 699. The lowest BCUT2D eigenvalue weighted by atomic mass is 9.95. The van der Waals surface area contributed by atoms with E-state index in [1.54, 1.807) is 6.07 Å². The van der Waals surface area contributed by atoms with Crippen molar-refractivity contribution in [1.29, 1.82) is 0 Å². The molecule has 2 aromatic rings. The van der Waals surface area contributed by atoms with Gasteiger partial charge in [-0.05, 0) is 43.4 Å². The van der Waals surface area contributed by atoms with E-state index < -0.39 is 17.5 Å². The van der Waals surface area contributed by atoms with E-state index in [0.29, 0.717) is 12.2 Å². The molecule has 0 unspecified atom stereocenters. The first-order chi connectivity index (χ1) is 11.0. The van der Waals surface area contributed by atoms with E-state index in [1.165, 1.54) is 0 Å². The maximum Gasteiger partial charge on any atom is 0.195 e. The Hall–Kier alpha value is -1.47. The lowest BCUT2D eigenvalue weighted by Gasteiger charge is -2.34. The quantitative estimate of drug-likeness (QED) is 0.848.